The first kappa shape index (κ1) is 13.1. The monoisotopic (exact) mass is 261 g/mol. The van der Waals surface area contributed by atoms with Gasteiger partial charge in [-0.15, -0.1) is 0 Å². The SMILES string of the molecule is Cc1cc(NC(=O)NC(CO)c2ccccc2)no1. The summed E-state index contributed by atoms with van der Waals surface area (Å²) < 4.78 is 4.84. The molecule has 3 N–H and O–H groups in total. The number of nitrogens with zero attached hydrogens (tertiary/aromatic N) is 1. The summed E-state index contributed by atoms with van der Waals surface area (Å²) in [6.07, 6.45) is 0. The van der Waals surface area contributed by atoms with E-state index in [1.807, 2.05) is 30.3 Å². The minimum absolute atomic E-state index is 0.185. The van der Waals surface area contributed by atoms with Gasteiger partial charge in [-0.05, 0) is 12.5 Å². The van der Waals surface area contributed by atoms with Crippen molar-refractivity contribution in [3.63, 3.8) is 0 Å². The maximum absolute atomic E-state index is 11.7. The average molecular weight is 261 g/mol. The van der Waals surface area contributed by atoms with Crippen LogP contribution in [0.1, 0.15) is 17.4 Å². The van der Waals surface area contributed by atoms with Crippen molar-refractivity contribution >= 4 is 11.8 Å². The van der Waals surface area contributed by atoms with Crippen molar-refractivity contribution in [2.75, 3.05) is 11.9 Å². The lowest BCUT2D eigenvalue weighted by atomic mass is 10.1. The minimum Gasteiger partial charge on any atom is -0.394 e. The third-order valence-corrected chi connectivity index (χ3v) is 2.56. The number of urea groups is 1. The second-order valence-corrected chi connectivity index (χ2v) is 4.07. The molecule has 1 heterocycles. The van der Waals surface area contributed by atoms with Crippen LogP contribution in [0.3, 0.4) is 0 Å². The number of aliphatic hydroxyl groups excluding tert-OH is 1. The van der Waals surface area contributed by atoms with E-state index in [2.05, 4.69) is 15.8 Å². The molecular weight excluding hydrogens is 246 g/mol. The van der Waals surface area contributed by atoms with E-state index in [1.54, 1.807) is 13.0 Å². The Morgan fingerprint density at radius 3 is 2.74 bits per heavy atom. The Hall–Kier alpha value is -2.34. The van der Waals surface area contributed by atoms with E-state index in [1.165, 1.54) is 0 Å². The molecule has 1 aromatic carbocycles. The highest BCUT2D eigenvalue weighted by Gasteiger charge is 2.14. The molecule has 2 aromatic rings. The summed E-state index contributed by atoms with van der Waals surface area (Å²) >= 11 is 0. The fourth-order valence-corrected chi connectivity index (χ4v) is 1.66. The molecule has 2 amide bonds. The van der Waals surface area contributed by atoms with Crippen LogP contribution in [0.4, 0.5) is 10.6 Å². The van der Waals surface area contributed by atoms with Crippen molar-refractivity contribution in [3.8, 4) is 0 Å². The molecule has 0 aliphatic rings. The van der Waals surface area contributed by atoms with Crippen molar-refractivity contribution < 1.29 is 14.4 Å². The van der Waals surface area contributed by atoms with Gasteiger partial charge in [0.25, 0.3) is 0 Å². The smallest absolute Gasteiger partial charge is 0.321 e. The molecule has 0 aliphatic carbocycles. The van der Waals surface area contributed by atoms with E-state index in [-0.39, 0.29) is 6.61 Å². The maximum Gasteiger partial charge on any atom is 0.321 e. The molecule has 0 saturated carbocycles. The number of benzene rings is 1. The molecule has 100 valence electrons. The predicted octanol–water partition coefficient (Wildman–Crippen LogP) is 1.84. The average Bonchev–Trinajstić information content (AvgIpc) is 2.82. The fourth-order valence-electron chi connectivity index (χ4n) is 1.66. The zero-order valence-corrected chi connectivity index (χ0v) is 10.5. The second-order valence-electron chi connectivity index (χ2n) is 4.07. The lowest BCUT2D eigenvalue weighted by Gasteiger charge is -2.16. The van der Waals surface area contributed by atoms with Crippen LogP contribution in [0.2, 0.25) is 0 Å². The number of hydrogen-bond donors (Lipinski definition) is 3. The van der Waals surface area contributed by atoms with Crippen LogP contribution < -0.4 is 10.6 Å². The van der Waals surface area contributed by atoms with E-state index < -0.39 is 12.1 Å². The quantitative estimate of drug-likeness (QED) is 0.783. The Morgan fingerprint density at radius 2 is 2.16 bits per heavy atom. The van der Waals surface area contributed by atoms with Gasteiger partial charge in [-0.1, -0.05) is 35.5 Å². The Labute approximate surface area is 110 Å². The molecule has 1 unspecified atom stereocenters. The van der Waals surface area contributed by atoms with E-state index >= 15 is 0 Å². The zero-order valence-electron chi connectivity index (χ0n) is 10.5. The van der Waals surface area contributed by atoms with Crippen LogP contribution in [0.5, 0.6) is 0 Å². The Morgan fingerprint density at radius 1 is 1.42 bits per heavy atom. The van der Waals surface area contributed by atoms with E-state index in [0.29, 0.717) is 11.6 Å². The summed E-state index contributed by atoms with van der Waals surface area (Å²) in [6.45, 7) is 1.55. The number of hydrogen-bond acceptors (Lipinski definition) is 4. The summed E-state index contributed by atoms with van der Waals surface area (Å²) in [5.74, 6) is 0.941. The number of aromatic nitrogens is 1. The lowest BCUT2D eigenvalue weighted by Crippen LogP contribution is -2.34. The fraction of sp³-hybridized carbons (Fsp3) is 0.231. The molecule has 19 heavy (non-hydrogen) atoms. The third-order valence-electron chi connectivity index (χ3n) is 2.56. The number of rotatable bonds is 4. The van der Waals surface area contributed by atoms with Crippen molar-refractivity contribution in [1.82, 2.24) is 10.5 Å². The van der Waals surface area contributed by atoms with Crippen LogP contribution >= 0.6 is 0 Å². The standard InChI is InChI=1S/C13H15N3O3/c1-9-7-12(16-19-9)15-13(18)14-11(8-17)10-5-3-2-4-6-10/h2-7,11,17H,8H2,1H3,(H2,14,15,16,18). The molecule has 1 atom stereocenters. The molecule has 0 saturated heterocycles. The highest BCUT2D eigenvalue weighted by molar-refractivity contribution is 5.88. The molecule has 2 rings (SSSR count). The zero-order chi connectivity index (χ0) is 13.7. The predicted molar refractivity (Wildman–Crippen MR) is 69.7 cm³/mol. The first-order chi connectivity index (χ1) is 9.19. The van der Waals surface area contributed by atoms with Crippen molar-refractivity contribution in [2.24, 2.45) is 0 Å². The Balaban J connectivity index is 1.97. The van der Waals surface area contributed by atoms with Crippen molar-refractivity contribution in [2.45, 2.75) is 13.0 Å². The first-order valence-corrected chi connectivity index (χ1v) is 5.85. The number of aryl methyl sites for hydroxylation is 1. The van der Waals surface area contributed by atoms with Crippen LogP contribution in [0.25, 0.3) is 0 Å². The number of anilines is 1. The molecular formula is C13H15N3O3. The van der Waals surface area contributed by atoms with Gasteiger partial charge in [-0.2, -0.15) is 0 Å². The summed E-state index contributed by atoms with van der Waals surface area (Å²) in [7, 11) is 0. The summed E-state index contributed by atoms with van der Waals surface area (Å²) in [5, 5.41) is 18.2. The van der Waals surface area contributed by atoms with Crippen LogP contribution in [-0.4, -0.2) is 22.9 Å². The van der Waals surface area contributed by atoms with Gasteiger partial charge in [0.15, 0.2) is 5.82 Å². The normalized spacial score (nSPS) is 11.9. The molecule has 0 bridgehead atoms. The topological polar surface area (TPSA) is 87.4 Å². The molecule has 0 fully saturated rings. The van der Waals surface area contributed by atoms with Crippen LogP contribution in [-0.2, 0) is 0 Å². The molecule has 6 heteroatoms. The van der Waals surface area contributed by atoms with Gasteiger partial charge in [0.05, 0.1) is 12.6 Å². The highest BCUT2D eigenvalue weighted by atomic mass is 16.5. The number of carbonyl (C=O) groups is 1. The third kappa shape index (κ3) is 3.56. The van der Waals surface area contributed by atoms with Crippen LogP contribution in [0, 0.1) is 6.92 Å². The van der Waals surface area contributed by atoms with Crippen molar-refractivity contribution in [1.29, 1.82) is 0 Å². The molecule has 0 radical (unpaired) electrons. The van der Waals surface area contributed by atoms with Gasteiger partial charge in [-0.25, -0.2) is 4.79 Å². The molecule has 0 spiro atoms. The first-order valence-electron chi connectivity index (χ1n) is 5.85. The lowest BCUT2D eigenvalue weighted by molar-refractivity contribution is 0.225. The van der Waals surface area contributed by atoms with E-state index in [4.69, 9.17) is 4.52 Å². The number of aliphatic hydroxyl groups is 1. The minimum atomic E-state index is -0.464. The summed E-state index contributed by atoms with van der Waals surface area (Å²) in [4.78, 5) is 11.7. The highest BCUT2D eigenvalue weighted by Crippen LogP contribution is 2.12. The van der Waals surface area contributed by atoms with Gasteiger partial charge < -0.3 is 14.9 Å². The number of carbonyl (C=O) groups excluding carboxylic acids is 1. The Kier molecular flexibility index (Phi) is 4.15. The maximum atomic E-state index is 11.7. The summed E-state index contributed by atoms with van der Waals surface area (Å²) in [5.41, 5.74) is 0.830. The van der Waals surface area contributed by atoms with Crippen molar-refractivity contribution in [3.05, 3.63) is 47.7 Å². The number of nitrogens with one attached hydrogen (secondary N) is 2. The summed E-state index contributed by atoms with van der Waals surface area (Å²) in [6, 6.07) is 9.93. The van der Waals surface area contributed by atoms with Gasteiger partial charge in [0.1, 0.15) is 5.76 Å². The molecule has 6 nitrogen and oxygen atoms in total. The van der Waals surface area contributed by atoms with Crippen LogP contribution in [0.15, 0.2) is 40.9 Å². The van der Waals surface area contributed by atoms with Gasteiger partial charge in [-0.3, -0.25) is 5.32 Å². The van der Waals surface area contributed by atoms with Gasteiger partial charge in [0.2, 0.25) is 0 Å². The molecule has 0 aliphatic heterocycles. The van der Waals surface area contributed by atoms with Gasteiger partial charge in [0, 0.05) is 6.07 Å². The molecule has 1 aromatic heterocycles. The Bertz CT molecular complexity index is 539. The van der Waals surface area contributed by atoms with E-state index in [9.17, 15) is 9.90 Å². The second kappa shape index (κ2) is 6.01. The number of amides is 2. The largest absolute Gasteiger partial charge is 0.394 e. The van der Waals surface area contributed by atoms with E-state index in [0.717, 1.165) is 5.56 Å². The van der Waals surface area contributed by atoms with Gasteiger partial charge >= 0.3 is 6.03 Å².